The fourth-order valence-electron chi connectivity index (χ4n) is 1.25. The standard InChI is InChI=1S/C10H12N4/c1-8(11)9-3-5-12-10(7-9)14-6-2-4-13-14/h2-8H,11H2,1H3/t8-/m0/s1. The quantitative estimate of drug-likeness (QED) is 0.772. The van der Waals surface area contributed by atoms with Gasteiger partial charge in [-0.2, -0.15) is 5.10 Å². The van der Waals surface area contributed by atoms with Crippen molar-refractivity contribution in [3.05, 3.63) is 42.4 Å². The first kappa shape index (κ1) is 8.90. The van der Waals surface area contributed by atoms with Gasteiger partial charge in [-0.05, 0) is 30.7 Å². The van der Waals surface area contributed by atoms with E-state index >= 15 is 0 Å². The maximum absolute atomic E-state index is 5.78. The highest BCUT2D eigenvalue weighted by Gasteiger charge is 2.02. The fraction of sp³-hybridized carbons (Fsp3) is 0.200. The second-order valence-electron chi connectivity index (χ2n) is 3.19. The summed E-state index contributed by atoms with van der Waals surface area (Å²) in [6, 6.07) is 5.74. The molecule has 0 fully saturated rings. The minimum atomic E-state index is 0.0207. The first-order valence-corrected chi connectivity index (χ1v) is 4.49. The summed E-state index contributed by atoms with van der Waals surface area (Å²) in [7, 11) is 0. The summed E-state index contributed by atoms with van der Waals surface area (Å²) in [5.74, 6) is 0.796. The molecule has 2 aromatic heterocycles. The van der Waals surface area contributed by atoms with Gasteiger partial charge in [0.15, 0.2) is 5.82 Å². The molecule has 2 aromatic rings. The predicted octanol–water partition coefficient (Wildman–Crippen LogP) is 1.29. The minimum absolute atomic E-state index is 0.0207. The molecule has 0 aliphatic carbocycles. The van der Waals surface area contributed by atoms with E-state index in [4.69, 9.17) is 5.73 Å². The molecule has 0 saturated carbocycles. The van der Waals surface area contributed by atoms with Crippen LogP contribution in [0.5, 0.6) is 0 Å². The van der Waals surface area contributed by atoms with E-state index in [-0.39, 0.29) is 6.04 Å². The second kappa shape index (κ2) is 3.59. The Hall–Kier alpha value is -1.68. The Kier molecular flexibility index (Phi) is 2.28. The smallest absolute Gasteiger partial charge is 0.153 e. The highest BCUT2D eigenvalue weighted by atomic mass is 15.3. The van der Waals surface area contributed by atoms with Crippen molar-refractivity contribution in [2.24, 2.45) is 5.73 Å². The molecule has 0 saturated heterocycles. The fourth-order valence-corrected chi connectivity index (χ4v) is 1.25. The van der Waals surface area contributed by atoms with Gasteiger partial charge in [0.1, 0.15) is 0 Å². The highest BCUT2D eigenvalue weighted by Crippen LogP contribution is 2.11. The lowest BCUT2D eigenvalue weighted by atomic mass is 10.1. The van der Waals surface area contributed by atoms with Crippen LogP contribution in [-0.4, -0.2) is 14.8 Å². The summed E-state index contributed by atoms with van der Waals surface area (Å²) in [6.45, 7) is 1.95. The zero-order chi connectivity index (χ0) is 9.97. The SMILES string of the molecule is C[C@H](N)c1ccnc(-n2cccn2)c1. The third-order valence-corrected chi connectivity index (χ3v) is 2.03. The average molecular weight is 188 g/mol. The van der Waals surface area contributed by atoms with E-state index in [0.29, 0.717) is 0 Å². The molecule has 1 atom stereocenters. The van der Waals surface area contributed by atoms with Crippen LogP contribution in [0.1, 0.15) is 18.5 Å². The van der Waals surface area contributed by atoms with E-state index in [9.17, 15) is 0 Å². The van der Waals surface area contributed by atoms with E-state index in [2.05, 4.69) is 10.1 Å². The first-order chi connectivity index (χ1) is 6.77. The molecule has 4 heteroatoms. The number of nitrogens with two attached hydrogens (primary N) is 1. The van der Waals surface area contributed by atoms with Crippen molar-refractivity contribution in [3.8, 4) is 5.82 Å². The third kappa shape index (κ3) is 1.65. The molecule has 4 nitrogen and oxygen atoms in total. The van der Waals surface area contributed by atoms with Gasteiger partial charge in [0.2, 0.25) is 0 Å². The Bertz CT molecular complexity index is 406. The van der Waals surface area contributed by atoms with Gasteiger partial charge < -0.3 is 5.73 Å². The third-order valence-electron chi connectivity index (χ3n) is 2.03. The van der Waals surface area contributed by atoms with Gasteiger partial charge >= 0.3 is 0 Å². The summed E-state index contributed by atoms with van der Waals surface area (Å²) in [5.41, 5.74) is 6.84. The zero-order valence-electron chi connectivity index (χ0n) is 7.96. The second-order valence-corrected chi connectivity index (χ2v) is 3.19. The van der Waals surface area contributed by atoms with Gasteiger partial charge in [0.25, 0.3) is 0 Å². The molecule has 0 aromatic carbocycles. The molecule has 0 spiro atoms. The number of hydrogen-bond donors (Lipinski definition) is 1. The maximum Gasteiger partial charge on any atom is 0.153 e. The molecular weight excluding hydrogens is 176 g/mol. The number of hydrogen-bond acceptors (Lipinski definition) is 3. The summed E-state index contributed by atoms with van der Waals surface area (Å²) in [4.78, 5) is 4.21. The molecule has 2 rings (SSSR count). The maximum atomic E-state index is 5.78. The highest BCUT2D eigenvalue weighted by molar-refractivity contribution is 5.28. The van der Waals surface area contributed by atoms with Crippen LogP contribution >= 0.6 is 0 Å². The molecule has 0 unspecified atom stereocenters. The van der Waals surface area contributed by atoms with Crippen LogP contribution in [0.3, 0.4) is 0 Å². The Labute approximate surface area is 82.4 Å². The van der Waals surface area contributed by atoms with E-state index in [1.54, 1.807) is 17.1 Å². The average Bonchev–Trinajstić information content (AvgIpc) is 2.71. The minimum Gasteiger partial charge on any atom is -0.324 e. The van der Waals surface area contributed by atoms with Crippen LogP contribution in [-0.2, 0) is 0 Å². The van der Waals surface area contributed by atoms with Gasteiger partial charge in [-0.3, -0.25) is 0 Å². The molecule has 0 aliphatic heterocycles. The molecular formula is C10H12N4. The van der Waals surface area contributed by atoms with Crippen LogP contribution < -0.4 is 5.73 Å². The van der Waals surface area contributed by atoms with Gasteiger partial charge in [-0.25, -0.2) is 9.67 Å². The zero-order valence-corrected chi connectivity index (χ0v) is 7.96. The van der Waals surface area contributed by atoms with Crippen molar-refractivity contribution < 1.29 is 0 Å². The Morgan fingerprint density at radius 3 is 2.93 bits per heavy atom. The largest absolute Gasteiger partial charge is 0.324 e. The van der Waals surface area contributed by atoms with Crippen LogP contribution in [0.25, 0.3) is 5.82 Å². The topological polar surface area (TPSA) is 56.7 Å². The molecule has 0 amide bonds. The van der Waals surface area contributed by atoms with Crippen molar-refractivity contribution in [1.29, 1.82) is 0 Å². The summed E-state index contributed by atoms with van der Waals surface area (Å²) in [5, 5.41) is 4.10. The van der Waals surface area contributed by atoms with Crippen molar-refractivity contribution in [1.82, 2.24) is 14.8 Å². The first-order valence-electron chi connectivity index (χ1n) is 4.49. The lowest BCUT2D eigenvalue weighted by Gasteiger charge is -2.06. The molecule has 2 heterocycles. The van der Waals surface area contributed by atoms with Crippen molar-refractivity contribution in [2.75, 3.05) is 0 Å². The monoisotopic (exact) mass is 188 g/mol. The lowest BCUT2D eigenvalue weighted by molar-refractivity contribution is 0.796. The lowest BCUT2D eigenvalue weighted by Crippen LogP contribution is -2.07. The van der Waals surface area contributed by atoms with E-state index in [1.165, 1.54) is 0 Å². The molecule has 2 N–H and O–H groups in total. The van der Waals surface area contributed by atoms with Crippen molar-refractivity contribution in [3.63, 3.8) is 0 Å². The molecule has 72 valence electrons. The van der Waals surface area contributed by atoms with E-state index in [1.807, 2.05) is 31.3 Å². The predicted molar refractivity (Wildman–Crippen MR) is 54.0 cm³/mol. The molecule has 0 bridgehead atoms. The van der Waals surface area contributed by atoms with Crippen molar-refractivity contribution in [2.45, 2.75) is 13.0 Å². The number of rotatable bonds is 2. The van der Waals surface area contributed by atoms with Crippen LogP contribution in [0.15, 0.2) is 36.8 Å². The summed E-state index contributed by atoms with van der Waals surface area (Å²) < 4.78 is 1.71. The summed E-state index contributed by atoms with van der Waals surface area (Å²) in [6.07, 6.45) is 5.32. The van der Waals surface area contributed by atoms with Crippen molar-refractivity contribution >= 4 is 0 Å². The van der Waals surface area contributed by atoms with Gasteiger partial charge in [-0.15, -0.1) is 0 Å². The van der Waals surface area contributed by atoms with Gasteiger partial charge in [-0.1, -0.05) is 0 Å². The molecule has 0 radical (unpaired) electrons. The van der Waals surface area contributed by atoms with Gasteiger partial charge in [0.05, 0.1) is 0 Å². The summed E-state index contributed by atoms with van der Waals surface area (Å²) >= 11 is 0. The van der Waals surface area contributed by atoms with Crippen LogP contribution in [0.4, 0.5) is 0 Å². The Balaban J connectivity index is 2.41. The number of nitrogens with zero attached hydrogens (tertiary/aromatic N) is 3. The Morgan fingerprint density at radius 1 is 1.43 bits per heavy atom. The van der Waals surface area contributed by atoms with Gasteiger partial charge in [0, 0.05) is 24.6 Å². The normalized spacial score (nSPS) is 12.7. The Morgan fingerprint density at radius 2 is 2.29 bits per heavy atom. The van der Waals surface area contributed by atoms with E-state index in [0.717, 1.165) is 11.4 Å². The number of pyridine rings is 1. The number of aromatic nitrogens is 3. The van der Waals surface area contributed by atoms with Crippen LogP contribution in [0.2, 0.25) is 0 Å². The molecule has 14 heavy (non-hydrogen) atoms. The van der Waals surface area contributed by atoms with E-state index < -0.39 is 0 Å². The molecule has 0 aliphatic rings. The van der Waals surface area contributed by atoms with Crippen LogP contribution in [0, 0.1) is 0 Å².